The van der Waals surface area contributed by atoms with Crippen molar-refractivity contribution < 1.29 is 28.7 Å². The van der Waals surface area contributed by atoms with Crippen molar-refractivity contribution in [2.45, 2.75) is 38.6 Å². The minimum Gasteiger partial charge on any atom is -0.328 e. The average Bonchev–Trinajstić information content (AvgIpc) is 2.72. The van der Waals surface area contributed by atoms with Crippen LogP contribution in [0, 0.1) is 17.8 Å². The molecule has 4 atom stereocenters. The van der Waals surface area contributed by atoms with Gasteiger partial charge in [0.2, 0.25) is 0 Å². The molecule has 2 aliphatic carbocycles. The first-order valence-electron chi connectivity index (χ1n) is 6.32. The smallest absolute Gasteiger partial charge is 0.328 e. The van der Waals surface area contributed by atoms with Crippen LogP contribution in [-0.2, 0) is 9.13 Å². The van der Waals surface area contributed by atoms with E-state index in [9.17, 15) is 9.13 Å². The maximum Gasteiger partial charge on any atom is 0.337 e. The van der Waals surface area contributed by atoms with Gasteiger partial charge in [0.05, 0.1) is 0 Å². The zero-order chi connectivity index (χ0) is 14.8. The third-order valence-electron chi connectivity index (χ3n) is 3.84. The maximum atomic E-state index is 9.85. The van der Waals surface area contributed by atoms with E-state index < -0.39 is 21.1 Å². The standard InChI is InChI=1S/C9H17N.CH6O6P2/c1-6(10)9-5-7-2-3-8(9)4-7;2-8(3,4)1-9(5,6)7/h6-9H,2-5,10H2,1H3;1H2,(H2,2,3,4)(H2,5,6,7). The Labute approximate surface area is 112 Å². The molecule has 0 spiro atoms. The first kappa shape index (κ1) is 17.3. The summed E-state index contributed by atoms with van der Waals surface area (Å²) in [5.41, 5.74) is 5.88. The highest BCUT2D eigenvalue weighted by atomic mass is 31.2. The molecule has 7 nitrogen and oxygen atoms in total. The Morgan fingerprint density at radius 2 is 1.63 bits per heavy atom. The van der Waals surface area contributed by atoms with Gasteiger partial charge in [-0.3, -0.25) is 9.13 Å². The summed E-state index contributed by atoms with van der Waals surface area (Å²) in [6, 6.07) is 0.454. The van der Waals surface area contributed by atoms with E-state index in [0.717, 1.165) is 17.8 Å². The number of hydrogen-bond acceptors (Lipinski definition) is 3. The fourth-order valence-corrected chi connectivity index (χ4v) is 5.10. The van der Waals surface area contributed by atoms with Gasteiger partial charge in [-0.1, -0.05) is 6.42 Å². The Morgan fingerprint density at radius 3 is 1.79 bits per heavy atom. The van der Waals surface area contributed by atoms with Gasteiger partial charge in [0.15, 0.2) is 5.90 Å². The molecular weight excluding hydrogens is 292 g/mol. The summed E-state index contributed by atoms with van der Waals surface area (Å²) in [6.45, 7) is 2.17. The van der Waals surface area contributed by atoms with Crippen LogP contribution in [0.5, 0.6) is 0 Å². The highest BCUT2D eigenvalue weighted by Crippen LogP contribution is 2.51. The van der Waals surface area contributed by atoms with Gasteiger partial charge in [0.25, 0.3) is 0 Å². The van der Waals surface area contributed by atoms with Crippen molar-refractivity contribution in [1.82, 2.24) is 0 Å². The van der Waals surface area contributed by atoms with Crippen LogP contribution in [0.4, 0.5) is 0 Å². The van der Waals surface area contributed by atoms with Crippen molar-refractivity contribution in [2.75, 3.05) is 5.90 Å². The third-order valence-corrected chi connectivity index (χ3v) is 6.78. The number of nitrogens with two attached hydrogens (primary N) is 1. The summed E-state index contributed by atoms with van der Waals surface area (Å²) in [4.78, 5) is 31.9. The summed E-state index contributed by atoms with van der Waals surface area (Å²) in [6.07, 6.45) is 5.89. The first-order valence-corrected chi connectivity index (χ1v) is 9.92. The molecule has 0 aliphatic heterocycles. The van der Waals surface area contributed by atoms with Gasteiger partial charge in [0, 0.05) is 6.04 Å². The van der Waals surface area contributed by atoms with Crippen molar-refractivity contribution in [3.63, 3.8) is 0 Å². The topological polar surface area (TPSA) is 141 Å². The van der Waals surface area contributed by atoms with E-state index in [-0.39, 0.29) is 0 Å². The van der Waals surface area contributed by atoms with Crippen LogP contribution in [-0.4, -0.2) is 31.5 Å². The van der Waals surface area contributed by atoms with E-state index in [2.05, 4.69) is 6.92 Å². The minimum absolute atomic E-state index is 0.454. The van der Waals surface area contributed by atoms with E-state index in [1.54, 1.807) is 0 Å². The van der Waals surface area contributed by atoms with Gasteiger partial charge >= 0.3 is 15.2 Å². The highest BCUT2D eigenvalue weighted by molar-refractivity contribution is 7.69. The van der Waals surface area contributed by atoms with Gasteiger partial charge in [-0.2, -0.15) is 0 Å². The molecule has 2 saturated carbocycles. The second-order valence-corrected chi connectivity index (χ2v) is 9.46. The van der Waals surface area contributed by atoms with E-state index in [1.165, 1.54) is 25.7 Å². The lowest BCUT2D eigenvalue weighted by Gasteiger charge is -2.24. The molecule has 0 amide bonds. The van der Waals surface area contributed by atoms with Crippen LogP contribution in [0.1, 0.15) is 32.6 Å². The fourth-order valence-electron chi connectivity index (χ4n) is 3.18. The predicted octanol–water partition coefficient (Wildman–Crippen LogP) is 1.07. The van der Waals surface area contributed by atoms with Crippen LogP contribution < -0.4 is 5.73 Å². The van der Waals surface area contributed by atoms with Crippen molar-refractivity contribution in [1.29, 1.82) is 0 Å². The molecule has 9 heteroatoms. The monoisotopic (exact) mass is 315 g/mol. The largest absolute Gasteiger partial charge is 0.337 e. The van der Waals surface area contributed by atoms with Gasteiger partial charge < -0.3 is 25.3 Å². The van der Waals surface area contributed by atoms with Crippen LogP contribution in [0.15, 0.2) is 0 Å². The van der Waals surface area contributed by atoms with Crippen LogP contribution in [0.3, 0.4) is 0 Å². The molecule has 2 rings (SSSR count). The Morgan fingerprint density at radius 1 is 1.11 bits per heavy atom. The van der Waals surface area contributed by atoms with Gasteiger partial charge in [-0.05, 0) is 43.9 Å². The molecule has 0 heterocycles. The zero-order valence-corrected chi connectivity index (χ0v) is 12.7. The lowest BCUT2D eigenvalue weighted by atomic mass is 9.84. The number of fused-ring (bicyclic) bond motifs is 2. The van der Waals surface area contributed by atoms with Crippen LogP contribution in [0.2, 0.25) is 0 Å². The van der Waals surface area contributed by atoms with Crippen molar-refractivity contribution in [3.8, 4) is 0 Å². The predicted molar refractivity (Wildman–Crippen MR) is 71.5 cm³/mol. The van der Waals surface area contributed by atoms with Crippen molar-refractivity contribution in [3.05, 3.63) is 0 Å². The van der Waals surface area contributed by atoms with E-state index in [1.807, 2.05) is 0 Å². The van der Waals surface area contributed by atoms with Crippen LogP contribution >= 0.6 is 15.2 Å². The lowest BCUT2D eigenvalue weighted by Crippen LogP contribution is -2.30. The Bertz CT molecular complexity index is 369. The Hall–Kier alpha value is 0.260. The average molecular weight is 315 g/mol. The SMILES string of the molecule is CC(N)C1CC2CCC1C2.O=P(O)(O)CP(=O)(O)O. The molecule has 19 heavy (non-hydrogen) atoms. The Balaban J connectivity index is 0.000000192. The van der Waals surface area contributed by atoms with Crippen molar-refractivity contribution in [2.24, 2.45) is 23.5 Å². The molecule has 0 saturated heterocycles. The molecule has 0 aromatic carbocycles. The molecule has 6 N–H and O–H groups in total. The summed E-state index contributed by atoms with van der Waals surface area (Å²) < 4.78 is 19.7. The van der Waals surface area contributed by atoms with Gasteiger partial charge in [-0.15, -0.1) is 0 Å². The molecule has 114 valence electrons. The molecular formula is C10H23NO6P2. The van der Waals surface area contributed by atoms with Gasteiger partial charge in [0.1, 0.15) is 0 Å². The lowest BCUT2D eigenvalue weighted by molar-refractivity contribution is 0.293. The normalized spacial score (nSPS) is 31.8. The molecule has 0 aromatic heterocycles. The first-order chi connectivity index (χ1) is 8.48. The quantitative estimate of drug-likeness (QED) is 0.490. The molecule has 2 aliphatic rings. The van der Waals surface area contributed by atoms with Gasteiger partial charge in [-0.25, -0.2) is 0 Å². The molecule has 0 aromatic rings. The number of hydrogen-bond donors (Lipinski definition) is 5. The van der Waals surface area contributed by atoms with E-state index in [0.29, 0.717) is 6.04 Å². The van der Waals surface area contributed by atoms with Crippen molar-refractivity contribution >= 4 is 15.2 Å². The molecule has 0 radical (unpaired) electrons. The summed E-state index contributed by atoms with van der Waals surface area (Å²) in [5, 5.41) is 0. The van der Waals surface area contributed by atoms with E-state index in [4.69, 9.17) is 25.3 Å². The summed E-state index contributed by atoms with van der Waals surface area (Å²) in [5.74, 6) is 1.56. The maximum absolute atomic E-state index is 9.85. The number of rotatable bonds is 3. The molecule has 2 fully saturated rings. The second kappa shape index (κ2) is 6.35. The zero-order valence-electron chi connectivity index (χ0n) is 10.9. The summed E-state index contributed by atoms with van der Waals surface area (Å²) in [7, 11) is -9.10. The minimum atomic E-state index is -4.55. The fraction of sp³-hybridized carbons (Fsp3) is 1.00. The molecule has 4 unspecified atom stereocenters. The van der Waals surface area contributed by atoms with E-state index >= 15 is 0 Å². The second-order valence-electron chi connectivity index (χ2n) is 5.67. The van der Waals surface area contributed by atoms with Crippen LogP contribution in [0.25, 0.3) is 0 Å². The molecule has 2 bridgehead atoms. The Kier molecular flexibility index (Phi) is 5.79. The highest BCUT2D eigenvalue weighted by Gasteiger charge is 2.40. The summed E-state index contributed by atoms with van der Waals surface area (Å²) >= 11 is 0. The third kappa shape index (κ3) is 6.50.